The summed E-state index contributed by atoms with van der Waals surface area (Å²) in [7, 11) is 0. The molecule has 2 nitrogen and oxygen atoms in total. The molecule has 2 rings (SSSR count). The second-order valence-corrected chi connectivity index (χ2v) is 3.92. The highest BCUT2D eigenvalue weighted by atomic mass is 35.5. The highest BCUT2D eigenvalue weighted by Gasteiger charge is 2.19. The summed E-state index contributed by atoms with van der Waals surface area (Å²) in [6.07, 6.45) is 4.11. The second kappa shape index (κ2) is 4.07. The van der Waals surface area contributed by atoms with Gasteiger partial charge in [0.2, 0.25) is 0 Å². The Morgan fingerprint density at radius 3 is 2.69 bits per heavy atom. The van der Waals surface area contributed by atoms with Gasteiger partial charge in [-0.05, 0) is 36.8 Å². The topological polar surface area (TPSA) is 16.1 Å². The Labute approximate surface area is 83.6 Å². The summed E-state index contributed by atoms with van der Waals surface area (Å²) in [5, 5.41) is 0. The number of aromatic nitrogens is 1. The number of rotatable bonds is 1. The van der Waals surface area contributed by atoms with Gasteiger partial charge in [0.05, 0.1) is 0 Å². The van der Waals surface area contributed by atoms with Gasteiger partial charge in [0.15, 0.2) is 0 Å². The molecule has 0 aromatic carbocycles. The maximum absolute atomic E-state index is 5.88. The van der Waals surface area contributed by atoms with Gasteiger partial charge in [0, 0.05) is 30.9 Å². The fourth-order valence-corrected chi connectivity index (χ4v) is 1.96. The van der Waals surface area contributed by atoms with Gasteiger partial charge in [0.25, 0.3) is 0 Å². The summed E-state index contributed by atoms with van der Waals surface area (Å²) in [5.74, 6) is 0.608. The van der Waals surface area contributed by atoms with Gasteiger partial charge in [-0.1, -0.05) is 6.07 Å². The molecule has 0 radical (unpaired) electrons. The summed E-state index contributed by atoms with van der Waals surface area (Å²) in [6.45, 7) is 1.95. The molecule has 0 aliphatic carbocycles. The van der Waals surface area contributed by atoms with Crippen molar-refractivity contribution >= 4 is 11.8 Å². The third-order valence-corrected chi connectivity index (χ3v) is 2.88. The molecule has 0 saturated carbocycles. The van der Waals surface area contributed by atoms with Crippen LogP contribution in [-0.4, -0.2) is 22.5 Å². The van der Waals surface area contributed by atoms with Gasteiger partial charge < -0.3 is 0 Å². The standard InChI is InChI=1S/C10H13ClN2/c11-13-7-4-9(5-8-13)10-3-1-2-6-12-10/h1-3,6,9H,4-5,7-8H2. The monoisotopic (exact) mass is 196 g/mol. The molecule has 0 N–H and O–H groups in total. The second-order valence-electron chi connectivity index (χ2n) is 3.44. The molecule has 13 heavy (non-hydrogen) atoms. The number of piperidine rings is 1. The summed E-state index contributed by atoms with van der Waals surface area (Å²) in [4.78, 5) is 4.37. The lowest BCUT2D eigenvalue weighted by atomic mass is 9.94. The molecule has 0 bridgehead atoms. The number of halogens is 1. The van der Waals surface area contributed by atoms with E-state index in [4.69, 9.17) is 11.8 Å². The number of nitrogens with zero attached hydrogens (tertiary/aromatic N) is 2. The zero-order valence-corrected chi connectivity index (χ0v) is 8.24. The first kappa shape index (κ1) is 8.97. The van der Waals surface area contributed by atoms with Crippen molar-refractivity contribution in [2.75, 3.05) is 13.1 Å². The van der Waals surface area contributed by atoms with Crippen LogP contribution in [0.3, 0.4) is 0 Å². The van der Waals surface area contributed by atoms with Crippen molar-refractivity contribution in [3.63, 3.8) is 0 Å². The molecule has 0 unspecified atom stereocenters. The van der Waals surface area contributed by atoms with Gasteiger partial charge in [-0.15, -0.1) is 0 Å². The van der Waals surface area contributed by atoms with Gasteiger partial charge in [-0.2, -0.15) is 0 Å². The van der Waals surface area contributed by atoms with Gasteiger partial charge >= 0.3 is 0 Å². The van der Waals surface area contributed by atoms with Crippen LogP contribution in [0.25, 0.3) is 0 Å². The van der Waals surface area contributed by atoms with Crippen LogP contribution in [0.15, 0.2) is 24.4 Å². The lowest BCUT2D eigenvalue weighted by molar-refractivity contribution is 0.332. The van der Waals surface area contributed by atoms with Gasteiger partial charge in [-0.25, -0.2) is 4.42 Å². The minimum Gasteiger partial charge on any atom is -0.261 e. The van der Waals surface area contributed by atoms with Crippen LogP contribution in [0.1, 0.15) is 24.5 Å². The zero-order valence-electron chi connectivity index (χ0n) is 7.49. The van der Waals surface area contributed by atoms with Gasteiger partial charge in [0.1, 0.15) is 0 Å². The van der Waals surface area contributed by atoms with Crippen LogP contribution < -0.4 is 0 Å². The molecule has 2 heterocycles. The van der Waals surface area contributed by atoms with E-state index in [0.717, 1.165) is 25.9 Å². The van der Waals surface area contributed by atoms with E-state index >= 15 is 0 Å². The molecule has 1 fully saturated rings. The molecule has 70 valence electrons. The Balaban J connectivity index is 2.03. The number of pyridine rings is 1. The maximum atomic E-state index is 5.88. The minimum absolute atomic E-state index is 0.608. The summed E-state index contributed by atoms with van der Waals surface area (Å²) >= 11 is 5.88. The third kappa shape index (κ3) is 2.20. The van der Waals surface area contributed by atoms with Crippen molar-refractivity contribution in [2.45, 2.75) is 18.8 Å². The van der Waals surface area contributed by atoms with Crippen molar-refractivity contribution in [3.8, 4) is 0 Å². The average molecular weight is 197 g/mol. The molecule has 0 amide bonds. The Kier molecular flexibility index (Phi) is 2.81. The predicted molar refractivity (Wildman–Crippen MR) is 53.6 cm³/mol. The first-order valence-corrected chi connectivity index (χ1v) is 5.02. The quantitative estimate of drug-likeness (QED) is 0.642. The Morgan fingerprint density at radius 1 is 1.31 bits per heavy atom. The summed E-state index contributed by atoms with van der Waals surface area (Å²) < 4.78 is 1.86. The molecule has 1 aliphatic rings. The number of hydrogen-bond donors (Lipinski definition) is 0. The van der Waals surface area contributed by atoms with Crippen LogP contribution in [0.2, 0.25) is 0 Å². The Hall–Kier alpha value is -0.600. The molecule has 0 spiro atoms. The van der Waals surface area contributed by atoms with E-state index in [1.54, 1.807) is 0 Å². The molecule has 0 atom stereocenters. The summed E-state index contributed by atoms with van der Waals surface area (Å²) in [5.41, 5.74) is 1.22. The lowest BCUT2D eigenvalue weighted by Crippen LogP contribution is -2.25. The first-order valence-electron chi connectivity index (χ1n) is 4.68. The van der Waals surface area contributed by atoms with Crippen molar-refractivity contribution in [1.82, 2.24) is 9.40 Å². The molecular weight excluding hydrogens is 184 g/mol. The van der Waals surface area contributed by atoms with Crippen LogP contribution in [0.5, 0.6) is 0 Å². The van der Waals surface area contributed by atoms with E-state index in [1.165, 1.54) is 5.69 Å². The van der Waals surface area contributed by atoms with E-state index in [0.29, 0.717) is 5.92 Å². The summed E-state index contributed by atoms with van der Waals surface area (Å²) in [6, 6.07) is 6.12. The zero-order chi connectivity index (χ0) is 9.10. The van der Waals surface area contributed by atoms with E-state index < -0.39 is 0 Å². The molecular formula is C10H13ClN2. The highest BCUT2D eigenvalue weighted by molar-refractivity contribution is 6.13. The average Bonchev–Trinajstić information content (AvgIpc) is 2.20. The van der Waals surface area contributed by atoms with Crippen LogP contribution in [0.4, 0.5) is 0 Å². The highest BCUT2D eigenvalue weighted by Crippen LogP contribution is 2.26. The van der Waals surface area contributed by atoms with E-state index in [9.17, 15) is 0 Å². The van der Waals surface area contributed by atoms with Crippen LogP contribution in [-0.2, 0) is 0 Å². The maximum Gasteiger partial charge on any atom is 0.0435 e. The Bertz CT molecular complexity index is 255. The fourth-order valence-electron chi connectivity index (χ4n) is 1.76. The first-order chi connectivity index (χ1) is 6.36. The van der Waals surface area contributed by atoms with Crippen LogP contribution >= 0.6 is 11.8 Å². The molecule has 1 aromatic rings. The third-order valence-electron chi connectivity index (χ3n) is 2.55. The lowest BCUT2D eigenvalue weighted by Gasteiger charge is -2.26. The molecule has 1 aliphatic heterocycles. The van der Waals surface area contributed by atoms with Crippen molar-refractivity contribution in [2.24, 2.45) is 0 Å². The minimum atomic E-state index is 0.608. The van der Waals surface area contributed by atoms with Gasteiger partial charge in [-0.3, -0.25) is 4.98 Å². The van der Waals surface area contributed by atoms with Crippen molar-refractivity contribution in [1.29, 1.82) is 0 Å². The van der Waals surface area contributed by atoms with Crippen molar-refractivity contribution in [3.05, 3.63) is 30.1 Å². The normalized spacial score (nSPS) is 20.4. The molecule has 1 saturated heterocycles. The van der Waals surface area contributed by atoms with E-state index in [2.05, 4.69) is 17.1 Å². The van der Waals surface area contributed by atoms with E-state index in [-0.39, 0.29) is 0 Å². The smallest absolute Gasteiger partial charge is 0.0435 e. The van der Waals surface area contributed by atoms with Crippen LogP contribution in [0, 0.1) is 0 Å². The largest absolute Gasteiger partial charge is 0.261 e. The Morgan fingerprint density at radius 2 is 2.08 bits per heavy atom. The SMILES string of the molecule is ClN1CCC(c2ccccn2)CC1. The molecule has 1 aromatic heterocycles. The predicted octanol–water partition coefficient (Wildman–Crippen LogP) is 2.41. The fraction of sp³-hybridized carbons (Fsp3) is 0.500. The van der Waals surface area contributed by atoms with Crippen molar-refractivity contribution < 1.29 is 0 Å². The molecule has 3 heteroatoms. The van der Waals surface area contributed by atoms with E-state index in [1.807, 2.05) is 16.7 Å². The number of hydrogen-bond acceptors (Lipinski definition) is 2.